The van der Waals surface area contributed by atoms with Gasteiger partial charge in [-0.15, -0.1) is 11.3 Å². The van der Waals surface area contributed by atoms with Crippen LogP contribution in [0.5, 0.6) is 0 Å². The molecule has 0 atom stereocenters. The molecule has 2 N–H and O–H groups in total. The molecular weight excluding hydrogens is 250 g/mol. The smallest absolute Gasteiger partial charge is 0.154 e. The average Bonchev–Trinajstić information content (AvgIpc) is 2.86. The molecule has 0 saturated heterocycles. The van der Waals surface area contributed by atoms with E-state index in [4.69, 9.17) is 5.73 Å². The van der Waals surface area contributed by atoms with Crippen molar-refractivity contribution in [1.29, 1.82) is 0 Å². The number of fused-ring (bicyclic) bond motifs is 1. The molecular formula is C12H9N3S2. The molecule has 2 heterocycles. The normalized spacial score (nSPS) is 10.8. The van der Waals surface area contributed by atoms with Crippen LogP contribution in [0.1, 0.15) is 0 Å². The Morgan fingerprint density at radius 1 is 1.18 bits per heavy atom. The lowest BCUT2D eigenvalue weighted by Gasteiger charge is -2.06. The lowest BCUT2D eigenvalue weighted by atomic mass is 10.2. The zero-order valence-electron chi connectivity index (χ0n) is 8.83. The molecule has 2 aromatic heterocycles. The summed E-state index contributed by atoms with van der Waals surface area (Å²) < 4.78 is 0.994. The molecule has 3 nitrogen and oxygen atoms in total. The quantitative estimate of drug-likeness (QED) is 0.766. The third-order valence-corrected chi connectivity index (χ3v) is 4.40. The summed E-state index contributed by atoms with van der Waals surface area (Å²) in [5.74, 6) is 0. The molecule has 0 saturated carbocycles. The first kappa shape index (κ1) is 10.6. The van der Waals surface area contributed by atoms with Gasteiger partial charge in [0.25, 0.3) is 0 Å². The molecule has 0 fully saturated rings. The molecule has 3 aromatic rings. The lowest BCUT2D eigenvalue weighted by molar-refractivity contribution is 1.25. The number of anilines is 1. The van der Waals surface area contributed by atoms with Crippen LogP contribution in [0.4, 0.5) is 5.69 Å². The zero-order valence-corrected chi connectivity index (χ0v) is 10.5. The van der Waals surface area contributed by atoms with Crippen molar-refractivity contribution in [3.8, 4) is 0 Å². The zero-order chi connectivity index (χ0) is 11.7. The molecule has 0 unspecified atom stereocenters. The van der Waals surface area contributed by atoms with Crippen LogP contribution in [0, 0.1) is 0 Å². The number of benzene rings is 1. The summed E-state index contributed by atoms with van der Waals surface area (Å²) in [7, 11) is 0. The highest BCUT2D eigenvalue weighted by Gasteiger charge is 2.09. The Balaban J connectivity index is 2.17. The number of hydrogen-bond acceptors (Lipinski definition) is 5. The van der Waals surface area contributed by atoms with Gasteiger partial charge in [0.05, 0.1) is 17.4 Å². The minimum Gasteiger partial charge on any atom is -0.397 e. The second-order valence-electron chi connectivity index (χ2n) is 3.46. The van der Waals surface area contributed by atoms with Crippen molar-refractivity contribution in [3.63, 3.8) is 0 Å². The highest BCUT2D eigenvalue weighted by molar-refractivity contribution is 8.01. The van der Waals surface area contributed by atoms with Crippen molar-refractivity contribution in [2.24, 2.45) is 0 Å². The van der Waals surface area contributed by atoms with E-state index in [1.165, 1.54) is 0 Å². The Bertz CT molecular complexity index is 650. The Morgan fingerprint density at radius 3 is 2.88 bits per heavy atom. The van der Waals surface area contributed by atoms with Crippen LogP contribution in [0.25, 0.3) is 10.9 Å². The Kier molecular flexibility index (Phi) is 2.70. The van der Waals surface area contributed by atoms with Gasteiger partial charge in [0, 0.05) is 21.9 Å². The number of pyridine rings is 1. The van der Waals surface area contributed by atoms with Crippen LogP contribution >= 0.6 is 23.1 Å². The van der Waals surface area contributed by atoms with Crippen molar-refractivity contribution in [2.45, 2.75) is 9.24 Å². The Hall–Kier alpha value is -1.59. The van der Waals surface area contributed by atoms with Crippen LogP contribution in [0.15, 0.2) is 51.3 Å². The standard InChI is InChI=1S/C12H9N3S2/c13-9-7-15-10-4-2-1-3-8(10)11(9)17-12-14-5-6-16-12/h1-7H,13H2. The van der Waals surface area contributed by atoms with E-state index in [-0.39, 0.29) is 0 Å². The van der Waals surface area contributed by atoms with Crippen LogP contribution in [-0.4, -0.2) is 9.97 Å². The van der Waals surface area contributed by atoms with E-state index in [1.807, 2.05) is 29.6 Å². The maximum atomic E-state index is 6.00. The number of para-hydroxylation sites is 1. The molecule has 0 amide bonds. The van der Waals surface area contributed by atoms with Gasteiger partial charge in [-0.05, 0) is 6.07 Å². The van der Waals surface area contributed by atoms with Crippen LogP contribution < -0.4 is 5.73 Å². The first-order chi connectivity index (χ1) is 8.34. The number of rotatable bonds is 2. The van der Waals surface area contributed by atoms with Crippen LogP contribution in [-0.2, 0) is 0 Å². The minimum absolute atomic E-state index is 0.698. The first-order valence-electron chi connectivity index (χ1n) is 5.05. The molecule has 0 aliphatic carbocycles. The van der Waals surface area contributed by atoms with Gasteiger partial charge in [-0.3, -0.25) is 4.98 Å². The Morgan fingerprint density at radius 2 is 2.06 bits per heavy atom. The van der Waals surface area contributed by atoms with Crippen LogP contribution in [0.3, 0.4) is 0 Å². The summed E-state index contributed by atoms with van der Waals surface area (Å²) in [6, 6.07) is 7.99. The molecule has 0 aliphatic heterocycles. The largest absolute Gasteiger partial charge is 0.397 e. The predicted molar refractivity (Wildman–Crippen MR) is 72.4 cm³/mol. The number of nitrogens with two attached hydrogens (primary N) is 1. The summed E-state index contributed by atoms with van der Waals surface area (Å²) in [6.07, 6.45) is 3.50. The topological polar surface area (TPSA) is 51.8 Å². The molecule has 5 heteroatoms. The van der Waals surface area contributed by atoms with Gasteiger partial charge in [-0.2, -0.15) is 0 Å². The number of hydrogen-bond donors (Lipinski definition) is 1. The second kappa shape index (κ2) is 4.35. The van der Waals surface area contributed by atoms with Crippen molar-refractivity contribution >= 4 is 39.7 Å². The van der Waals surface area contributed by atoms with Gasteiger partial charge >= 0.3 is 0 Å². The highest BCUT2D eigenvalue weighted by Crippen LogP contribution is 2.37. The summed E-state index contributed by atoms with van der Waals surface area (Å²) in [4.78, 5) is 9.61. The first-order valence-corrected chi connectivity index (χ1v) is 6.75. The second-order valence-corrected chi connectivity index (χ2v) is 5.61. The van der Waals surface area contributed by atoms with Gasteiger partial charge < -0.3 is 5.73 Å². The maximum absolute atomic E-state index is 6.00. The van der Waals surface area contributed by atoms with Crippen molar-refractivity contribution in [1.82, 2.24) is 9.97 Å². The fraction of sp³-hybridized carbons (Fsp3) is 0. The minimum atomic E-state index is 0.698. The van der Waals surface area contributed by atoms with Gasteiger partial charge in [0.15, 0.2) is 4.34 Å². The van der Waals surface area contributed by atoms with E-state index in [1.54, 1.807) is 35.5 Å². The monoisotopic (exact) mass is 259 g/mol. The van der Waals surface area contributed by atoms with Gasteiger partial charge in [-0.1, -0.05) is 30.0 Å². The third-order valence-electron chi connectivity index (χ3n) is 2.35. The molecule has 0 aliphatic rings. The van der Waals surface area contributed by atoms with E-state index in [0.717, 1.165) is 20.1 Å². The summed E-state index contributed by atoms with van der Waals surface area (Å²) >= 11 is 3.20. The van der Waals surface area contributed by atoms with E-state index in [0.29, 0.717) is 5.69 Å². The average molecular weight is 259 g/mol. The Labute approximate surface area is 107 Å². The van der Waals surface area contributed by atoms with Crippen molar-refractivity contribution < 1.29 is 0 Å². The van der Waals surface area contributed by atoms with Gasteiger partial charge in [0.1, 0.15) is 0 Å². The van der Waals surface area contributed by atoms with Crippen LogP contribution in [0.2, 0.25) is 0 Å². The number of thiazole rings is 1. The molecule has 0 spiro atoms. The maximum Gasteiger partial charge on any atom is 0.154 e. The van der Waals surface area contributed by atoms with Crippen molar-refractivity contribution in [3.05, 3.63) is 42.0 Å². The SMILES string of the molecule is Nc1cnc2ccccc2c1Sc1nccs1. The fourth-order valence-corrected chi connectivity index (χ4v) is 3.30. The van der Waals surface area contributed by atoms with Gasteiger partial charge in [0.2, 0.25) is 0 Å². The summed E-state index contributed by atoms with van der Waals surface area (Å²) in [5, 5.41) is 3.04. The highest BCUT2D eigenvalue weighted by atomic mass is 32.2. The molecule has 84 valence electrons. The van der Waals surface area contributed by atoms with E-state index >= 15 is 0 Å². The summed E-state index contributed by atoms with van der Waals surface area (Å²) in [6.45, 7) is 0. The van der Waals surface area contributed by atoms with Gasteiger partial charge in [-0.25, -0.2) is 4.98 Å². The number of nitrogen functional groups attached to an aromatic ring is 1. The molecule has 17 heavy (non-hydrogen) atoms. The molecule has 3 rings (SSSR count). The number of nitrogens with zero attached hydrogens (tertiary/aromatic N) is 2. The van der Waals surface area contributed by atoms with Crippen molar-refractivity contribution in [2.75, 3.05) is 5.73 Å². The van der Waals surface area contributed by atoms with E-state index in [9.17, 15) is 0 Å². The molecule has 1 aromatic carbocycles. The lowest BCUT2D eigenvalue weighted by Crippen LogP contribution is -1.92. The third kappa shape index (κ3) is 1.99. The number of aromatic nitrogens is 2. The molecule has 0 radical (unpaired) electrons. The summed E-state index contributed by atoms with van der Waals surface area (Å²) in [5.41, 5.74) is 7.65. The van der Waals surface area contributed by atoms with E-state index < -0.39 is 0 Å². The predicted octanol–water partition coefficient (Wildman–Crippen LogP) is 3.42. The fourth-order valence-electron chi connectivity index (χ4n) is 1.59. The molecule has 0 bridgehead atoms. The van der Waals surface area contributed by atoms with E-state index in [2.05, 4.69) is 9.97 Å².